The molecule has 2 aliphatic rings. The normalized spacial score (nSPS) is 17.6. The highest BCUT2D eigenvalue weighted by atomic mass is 35.5. The molecule has 43 heavy (non-hydrogen) atoms. The number of halogens is 1. The predicted octanol–water partition coefficient (Wildman–Crippen LogP) is 4.31. The van der Waals surface area contributed by atoms with Crippen molar-refractivity contribution in [3.63, 3.8) is 0 Å². The van der Waals surface area contributed by atoms with E-state index in [4.69, 9.17) is 21.1 Å². The summed E-state index contributed by atoms with van der Waals surface area (Å²) in [4.78, 5) is 41.8. The number of carbonyl (C=O) groups is 3. The minimum absolute atomic E-state index is 0.00859. The molecule has 2 fully saturated rings. The summed E-state index contributed by atoms with van der Waals surface area (Å²) in [6.45, 7) is 0.928. The van der Waals surface area contributed by atoms with E-state index in [9.17, 15) is 22.8 Å². The lowest BCUT2D eigenvalue weighted by Gasteiger charge is -2.43. The Morgan fingerprint density at radius 3 is 2.35 bits per heavy atom. The van der Waals surface area contributed by atoms with Crippen molar-refractivity contribution in [2.24, 2.45) is 5.92 Å². The van der Waals surface area contributed by atoms with Crippen LogP contribution in [0.25, 0.3) is 10.8 Å². The zero-order chi connectivity index (χ0) is 30.6. The molecule has 0 spiro atoms. The van der Waals surface area contributed by atoms with Crippen LogP contribution < -0.4 is 0 Å². The molecule has 12 heteroatoms. The van der Waals surface area contributed by atoms with Gasteiger partial charge in [-0.2, -0.15) is 4.31 Å². The second kappa shape index (κ2) is 13.3. The van der Waals surface area contributed by atoms with Gasteiger partial charge in [0.15, 0.2) is 0 Å². The number of ether oxygens (including phenoxy) is 2. The number of nitrogens with zero attached hydrogens (tertiary/aromatic N) is 3. The molecule has 2 amide bonds. The summed E-state index contributed by atoms with van der Waals surface area (Å²) in [5.74, 6) is -0.897. The molecule has 2 aliphatic heterocycles. The molecule has 10 nitrogen and oxygen atoms in total. The van der Waals surface area contributed by atoms with Crippen molar-refractivity contribution >= 4 is 50.4 Å². The molecular formula is C31H34ClN3O7S. The molecule has 3 aromatic carbocycles. The zero-order valence-electron chi connectivity index (χ0n) is 23.9. The minimum atomic E-state index is -3.94. The average molecular weight is 628 g/mol. The number of sulfonamides is 1. The lowest BCUT2D eigenvalue weighted by Crippen LogP contribution is -2.58. The first kappa shape index (κ1) is 30.8. The SMILES string of the molecule is COC(=O)CC(C1CCN(C(=O)OCc2ccccc2)CC1)N1CCN(S(=O)(=O)c2ccc3cc(Cl)ccc3c2)CC1=O. The Morgan fingerprint density at radius 2 is 1.65 bits per heavy atom. The third kappa shape index (κ3) is 7.11. The summed E-state index contributed by atoms with van der Waals surface area (Å²) in [5, 5.41) is 2.09. The number of rotatable bonds is 8. The molecule has 0 aromatic heterocycles. The molecule has 0 saturated carbocycles. The van der Waals surface area contributed by atoms with Crippen molar-refractivity contribution in [2.45, 2.75) is 36.8 Å². The number of amides is 2. The van der Waals surface area contributed by atoms with Gasteiger partial charge in [0.05, 0.1) is 25.0 Å². The van der Waals surface area contributed by atoms with Crippen molar-refractivity contribution in [2.75, 3.05) is 39.8 Å². The average Bonchev–Trinajstić information content (AvgIpc) is 3.02. The summed E-state index contributed by atoms with van der Waals surface area (Å²) in [5.41, 5.74) is 0.897. The molecule has 2 heterocycles. The van der Waals surface area contributed by atoms with Gasteiger partial charge in [0.1, 0.15) is 6.61 Å². The number of piperidine rings is 1. The number of hydrogen-bond donors (Lipinski definition) is 0. The van der Waals surface area contributed by atoms with Crippen molar-refractivity contribution in [3.05, 3.63) is 77.3 Å². The van der Waals surface area contributed by atoms with Crippen molar-refractivity contribution in [1.29, 1.82) is 0 Å². The summed E-state index contributed by atoms with van der Waals surface area (Å²) in [6.07, 6.45) is 0.716. The monoisotopic (exact) mass is 627 g/mol. The molecule has 1 unspecified atom stereocenters. The van der Waals surface area contributed by atoms with Crippen LogP contribution in [0.15, 0.2) is 71.6 Å². The molecule has 0 radical (unpaired) electrons. The number of fused-ring (bicyclic) bond motifs is 1. The first-order chi connectivity index (χ1) is 20.7. The third-order valence-electron chi connectivity index (χ3n) is 8.18. The lowest BCUT2D eigenvalue weighted by molar-refractivity contribution is -0.146. The first-order valence-corrected chi connectivity index (χ1v) is 16.0. The topological polar surface area (TPSA) is 114 Å². The Kier molecular flexibility index (Phi) is 9.53. The van der Waals surface area contributed by atoms with Crippen molar-refractivity contribution in [1.82, 2.24) is 14.1 Å². The van der Waals surface area contributed by atoms with Gasteiger partial charge in [-0.05, 0) is 59.4 Å². The van der Waals surface area contributed by atoms with Gasteiger partial charge in [0, 0.05) is 37.2 Å². The van der Waals surface area contributed by atoms with Crippen LogP contribution in [0.3, 0.4) is 0 Å². The maximum atomic E-state index is 13.5. The Labute approximate surface area is 256 Å². The highest BCUT2D eigenvalue weighted by molar-refractivity contribution is 7.89. The van der Waals surface area contributed by atoms with Crippen LogP contribution in [0.1, 0.15) is 24.8 Å². The van der Waals surface area contributed by atoms with E-state index in [0.717, 1.165) is 16.3 Å². The maximum absolute atomic E-state index is 13.5. The Hall–Kier alpha value is -3.67. The summed E-state index contributed by atoms with van der Waals surface area (Å²) in [7, 11) is -2.64. The Morgan fingerprint density at radius 1 is 0.953 bits per heavy atom. The van der Waals surface area contributed by atoms with Crippen LogP contribution in [0.2, 0.25) is 5.02 Å². The summed E-state index contributed by atoms with van der Waals surface area (Å²) < 4.78 is 38.6. The van der Waals surface area contributed by atoms with Gasteiger partial charge in [-0.1, -0.05) is 54.1 Å². The van der Waals surface area contributed by atoms with Crippen LogP contribution in [0.5, 0.6) is 0 Å². The number of carbonyl (C=O) groups excluding carboxylic acids is 3. The quantitative estimate of drug-likeness (QED) is 0.342. The Bertz CT molecular complexity index is 1590. The zero-order valence-corrected chi connectivity index (χ0v) is 25.4. The maximum Gasteiger partial charge on any atom is 0.410 e. The van der Waals surface area contributed by atoms with E-state index in [2.05, 4.69) is 0 Å². The van der Waals surface area contributed by atoms with E-state index in [1.54, 1.807) is 40.1 Å². The van der Waals surface area contributed by atoms with Crippen LogP contribution in [0, 0.1) is 5.92 Å². The predicted molar refractivity (Wildman–Crippen MR) is 161 cm³/mol. The van der Waals surface area contributed by atoms with Crippen molar-refractivity contribution < 1.29 is 32.3 Å². The van der Waals surface area contributed by atoms with Crippen LogP contribution in [-0.4, -0.2) is 86.4 Å². The number of methoxy groups -OCH3 is 1. The van der Waals surface area contributed by atoms with Gasteiger partial charge in [-0.15, -0.1) is 0 Å². The fourth-order valence-electron chi connectivity index (χ4n) is 5.79. The molecule has 1 atom stereocenters. The molecular weight excluding hydrogens is 594 g/mol. The number of benzene rings is 3. The van der Waals surface area contributed by atoms with Gasteiger partial charge >= 0.3 is 12.1 Å². The number of likely N-dealkylation sites (tertiary alicyclic amines) is 1. The van der Waals surface area contributed by atoms with Crippen LogP contribution in [0.4, 0.5) is 4.79 Å². The lowest BCUT2D eigenvalue weighted by atomic mass is 9.86. The summed E-state index contributed by atoms with van der Waals surface area (Å²) >= 11 is 6.06. The summed E-state index contributed by atoms with van der Waals surface area (Å²) in [6, 6.07) is 19.0. The first-order valence-electron chi connectivity index (χ1n) is 14.2. The van der Waals surface area contributed by atoms with Crippen molar-refractivity contribution in [3.8, 4) is 0 Å². The van der Waals surface area contributed by atoms with Gasteiger partial charge in [-0.3, -0.25) is 9.59 Å². The van der Waals surface area contributed by atoms with E-state index < -0.39 is 28.1 Å². The standard InChI is InChI=1S/C31H34ClN3O7S/c1-41-30(37)19-28(23-11-13-33(14-12-23)31(38)42-21-22-5-3-2-4-6-22)35-16-15-34(20-29(35)36)43(39,40)27-10-8-24-17-26(32)9-7-25(24)18-27/h2-10,17-18,23,28H,11-16,19-21H2,1H3. The number of hydrogen-bond acceptors (Lipinski definition) is 7. The molecule has 0 bridgehead atoms. The molecule has 0 aliphatic carbocycles. The molecule has 2 saturated heterocycles. The van der Waals surface area contributed by atoms with E-state index in [1.807, 2.05) is 30.3 Å². The fraction of sp³-hybridized carbons (Fsp3) is 0.387. The fourth-order valence-corrected chi connectivity index (χ4v) is 7.38. The van der Waals surface area contributed by atoms with E-state index in [1.165, 1.54) is 17.5 Å². The number of esters is 1. The Balaban J connectivity index is 1.23. The second-order valence-corrected chi connectivity index (χ2v) is 13.2. The third-order valence-corrected chi connectivity index (χ3v) is 10.3. The van der Waals surface area contributed by atoms with Gasteiger partial charge in [0.25, 0.3) is 0 Å². The molecule has 3 aromatic rings. The molecule has 228 valence electrons. The van der Waals surface area contributed by atoms with E-state index >= 15 is 0 Å². The van der Waals surface area contributed by atoms with Crippen LogP contribution >= 0.6 is 11.6 Å². The van der Waals surface area contributed by atoms with E-state index in [-0.39, 0.29) is 49.4 Å². The van der Waals surface area contributed by atoms with Gasteiger partial charge in [0.2, 0.25) is 15.9 Å². The smallest absolute Gasteiger partial charge is 0.410 e. The second-order valence-electron chi connectivity index (χ2n) is 10.8. The largest absolute Gasteiger partial charge is 0.469 e. The molecule has 0 N–H and O–H groups in total. The molecule has 5 rings (SSSR count). The van der Waals surface area contributed by atoms with Gasteiger partial charge < -0.3 is 19.3 Å². The van der Waals surface area contributed by atoms with Crippen LogP contribution in [-0.2, 0) is 35.7 Å². The number of piperazine rings is 1. The highest BCUT2D eigenvalue weighted by Gasteiger charge is 2.40. The minimum Gasteiger partial charge on any atom is -0.469 e. The van der Waals surface area contributed by atoms with Gasteiger partial charge in [-0.25, -0.2) is 13.2 Å². The highest BCUT2D eigenvalue weighted by Crippen LogP contribution is 2.30. The van der Waals surface area contributed by atoms with E-state index in [0.29, 0.717) is 31.0 Å².